The lowest BCUT2D eigenvalue weighted by Crippen LogP contribution is -2.38. The molecular weight excluding hydrogens is 481 g/mol. The Morgan fingerprint density at radius 3 is 2.23 bits per heavy atom. The standard InChI is InChI=1S/C25H26ClF3N4O2/c1-5-32(23(35)16-10-12-17(13-11-16)25(27,28)29)15-22(34)30-21-14-20(24(2,3)4)31-33(21)19-9-7-6-8-18(19)26/h6-14H,5,15H2,1-4H3,(H,30,34). The van der Waals surface area contributed by atoms with Gasteiger partial charge in [0.15, 0.2) is 0 Å². The maximum atomic E-state index is 12.9. The van der Waals surface area contributed by atoms with Crippen LogP contribution in [0.5, 0.6) is 0 Å². The van der Waals surface area contributed by atoms with E-state index < -0.39 is 23.6 Å². The Morgan fingerprint density at radius 2 is 1.69 bits per heavy atom. The quantitative estimate of drug-likeness (QED) is 0.449. The lowest BCUT2D eigenvalue weighted by atomic mass is 9.92. The molecule has 0 unspecified atom stereocenters. The maximum Gasteiger partial charge on any atom is 0.416 e. The van der Waals surface area contributed by atoms with Crippen molar-refractivity contribution in [2.24, 2.45) is 0 Å². The van der Waals surface area contributed by atoms with Gasteiger partial charge >= 0.3 is 6.18 Å². The lowest BCUT2D eigenvalue weighted by molar-refractivity contribution is -0.137. The molecule has 35 heavy (non-hydrogen) atoms. The van der Waals surface area contributed by atoms with Crippen LogP contribution in [0.1, 0.15) is 49.3 Å². The molecule has 0 radical (unpaired) electrons. The first-order chi connectivity index (χ1) is 16.3. The number of hydrogen-bond acceptors (Lipinski definition) is 3. The number of amides is 2. The highest BCUT2D eigenvalue weighted by molar-refractivity contribution is 6.32. The van der Waals surface area contributed by atoms with E-state index in [1.807, 2.05) is 20.8 Å². The molecule has 10 heteroatoms. The van der Waals surface area contributed by atoms with E-state index in [0.717, 1.165) is 30.0 Å². The summed E-state index contributed by atoms with van der Waals surface area (Å²) >= 11 is 6.35. The first-order valence-corrected chi connectivity index (χ1v) is 11.3. The number of alkyl halides is 3. The molecule has 0 saturated carbocycles. The predicted molar refractivity (Wildman–Crippen MR) is 129 cm³/mol. The fourth-order valence-corrected chi connectivity index (χ4v) is 3.53. The number of benzene rings is 2. The number of anilines is 1. The number of nitrogens with one attached hydrogen (secondary N) is 1. The highest BCUT2D eigenvalue weighted by atomic mass is 35.5. The zero-order valence-electron chi connectivity index (χ0n) is 19.8. The lowest BCUT2D eigenvalue weighted by Gasteiger charge is -2.21. The zero-order valence-corrected chi connectivity index (χ0v) is 20.5. The van der Waals surface area contributed by atoms with Gasteiger partial charge in [0.1, 0.15) is 12.4 Å². The molecule has 0 fully saturated rings. The number of hydrogen-bond donors (Lipinski definition) is 1. The summed E-state index contributed by atoms with van der Waals surface area (Å²) in [6.07, 6.45) is -4.50. The van der Waals surface area contributed by atoms with E-state index in [0.29, 0.717) is 16.5 Å². The van der Waals surface area contributed by atoms with Crippen molar-refractivity contribution in [3.8, 4) is 5.69 Å². The minimum atomic E-state index is -4.50. The molecule has 0 spiro atoms. The van der Waals surface area contributed by atoms with E-state index in [-0.39, 0.29) is 24.1 Å². The molecule has 2 amide bonds. The number of carbonyl (C=O) groups excluding carboxylic acids is 2. The summed E-state index contributed by atoms with van der Waals surface area (Å²) in [5.41, 5.74) is 0.204. The Labute approximate surface area is 206 Å². The molecule has 0 aliphatic rings. The van der Waals surface area contributed by atoms with Gasteiger partial charge in [0, 0.05) is 23.6 Å². The van der Waals surface area contributed by atoms with Gasteiger partial charge in [-0.15, -0.1) is 0 Å². The minimum absolute atomic E-state index is 0.0591. The smallest absolute Gasteiger partial charge is 0.330 e. The average molecular weight is 507 g/mol. The van der Waals surface area contributed by atoms with Crippen molar-refractivity contribution in [1.29, 1.82) is 0 Å². The van der Waals surface area contributed by atoms with Gasteiger partial charge in [0.05, 0.1) is 22.0 Å². The first kappa shape index (κ1) is 26.3. The Balaban J connectivity index is 1.82. The second kappa shape index (κ2) is 10.1. The number of carbonyl (C=O) groups is 2. The normalized spacial score (nSPS) is 11.9. The maximum absolute atomic E-state index is 12.9. The molecule has 1 heterocycles. The van der Waals surface area contributed by atoms with Crippen molar-refractivity contribution in [3.05, 3.63) is 76.4 Å². The third-order valence-corrected chi connectivity index (χ3v) is 5.61. The number of aromatic nitrogens is 2. The summed E-state index contributed by atoms with van der Waals surface area (Å²) in [7, 11) is 0. The van der Waals surface area contributed by atoms with Crippen LogP contribution in [-0.4, -0.2) is 39.6 Å². The summed E-state index contributed by atoms with van der Waals surface area (Å²) in [6, 6.07) is 12.7. The number of likely N-dealkylation sites (N-methyl/N-ethyl adjacent to an activating group) is 1. The van der Waals surface area contributed by atoms with Crippen molar-refractivity contribution in [1.82, 2.24) is 14.7 Å². The topological polar surface area (TPSA) is 67.2 Å². The van der Waals surface area contributed by atoms with Crippen LogP contribution in [-0.2, 0) is 16.4 Å². The molecule has 1 N–H and O–H groups in total. The van der Waals surface area contributed by atoms with Crippen molar-refractivity contribution < 1.29 is 22.8 Å². The van der Waals surface area contributed by atoms with Crippen LogP contribution in [0.4, 0.5) is 19.0 Å². The third kappa shape index (κ3) is 6.22. The number of para-hydroxylation sites is 1. The van der Waals surface area contributed by atoms with Crippen molar-refractivity contribution in [3.63, 3.8) is 0 Å². The van der Waals surface area contributed by atoms with E-state index in [1.165, 1.54) is 9.58 Å². The Kier molecular flexibility index (Phi) is 7.59. The van der Waals surface area contributed by atoms with E-state index in [4.69, 9.17) is 11.6 Å². The second-order valence-corrected chi connectivity index (χ2v) is 9.38. The summed E-state index contributed by atoms with van der Waals surface area (Å²) in [6.45, 7) is 7.53. The van der Waals surface area contributed by atoms with Crippen LogP contribution < -0.4 is 5.32 Å². The van der Waals surface area contributed by atoms with Gasteiger partial charge in [-0.05, 0) is 43.3 Å². The van der Waals surface area contributed by atoms with Crippen molar-refractivity contribution in [2.45, 2.75) is 39.3 Å². The molecule has 0 atom stereocenters. The predicted octanol–water partition coefficient (Wildman–Crippen LogP) is 5.94. The summed E-state index contributed by atoms with van der Waals surface area (Å²) in [4.78, 5) is 27.0. The van der Waals surface area contributed by atoms with Gasteiger partial charge in [-0.2, -0.15) is 18.3 Å². The van der Waals surface area contributed by atoms with E-state index in [1.54, 1.807) is 37.3 Å². The summed E-state index contributed by atoms with van der Waals surface area (Å²) in [5.74, 6) is -0.654. The summed E-state index contributed by atoms with van der Waals surface area (Å²) < 4.78 is 40.0. The molecule has 3 rings (SSSR count). The number of rotatable bonds is 6. The third-order valence-electron chi connectivity index (χ3n) is 5.29. The molecule has 1 aromatic heterocycles. The fourth-order valence-electron chi connectivity index (χ4n) is 3.31. The second-order valence-electron chi connectivity index (χ2n) is 8.97. The van der Waals surface area contributed by atoms with Crippen LogP contribution in [0.15, 0.2) is 54.6 Å². The van der Waals surface area contributed by atoms with Crippen LogP contribution >= 0.6 is 11.6 Å². The van der Waals surface area contributed by atoms with Gasteiger partial charge in [-0.3, -0.25) is 9.59 Å². The molecule has 6 nitrogen and oxygen atoms in total. The number of nitrogens with zero attached hydrogens (tertiary/aromatic N) is 3. The zero-order chi connectivity index (χ0) is 26.0. The Bertz CT molecular complexity index is 1210. The fraction of sp³-hybridized carbons (Fsp3) is 0.320. The molecule has 3 aromatic rings. The van der Waals surface area contributed by atoms with Gasteiger partial charge < -0.3 is 10.2 Å². The number of halogens is 4. The van der Waals surface area contributed by atoms with Gasteiger partial charge in [-0.25, -0.2) is 4.68 Å². The van der Waals surface area contributed by atoms with Crippen LogP contribution in [0.3, 0.4) is 0 Å². The van der Waals surface area contributed by atoms with Gasteiger partial charge in [-0.1, -0.05) is 44.5 Å². The highest BCUT2D eigenvalue weighted by Gasteiger charge is 2.30. The van der Waals surface area contributed by atoms with Gasteiger partial charge in [0.2, 0.25) is 5.91 Å². The molecule has 0 bridgehead atoms. The molecule has 2 aromatic carbocycles. The summed E-state index contributed by atoms with van der Waals surface area (Å²) in [5, 5.41) is 7.85. The van der Waals surface area contributed by atoms with Crippen LogP contribution in [0.25, 0.3) is 5.69 Å². The van der Waals surface area contributed by atoms with Gasteiger partial charge in [0.25, 0.3) is 5.91 Å². The Hall–Kier alpha value is -3.33. The SMILES string of the molecule is CCN(CC(=O)Nc1cc(C(C)(C)C)nn1-c1ccccc1Cl)C(=O)c1ccc(C(F)(F)F)cc1. The largest absolute Gasteiger partial charge is 0.416 e. The molecule has 186 valence electrons. The van der Waals surface area contributed by atoms with E-state index >= 15 is 0 Å². The van der Waals surface area contributed by atoms with Crippen LogP contribution in [0, 0.1) is 0 Å². The van der Waals surface area contributed by atoms with E-state index in [9.17, 15) is 22.8 Å². The average Bonchev–Trinajstić information content (AvgIpc) is 3.20. The molecule has 0 aliphatic heterocycles. The van der Waals surface area contributed by atoms with Crippen molar-refractivity contribution in [2.75, 3.05) is 18.4 Å². The van der Waals surface area contributed by atoms with E-state index in [2.05, 4.69) is 10.4 Å². The van der Waals surface area contributed by atoms with Crippen molar-refractivity contribution >= 4 is 29.2 Å². The molecule has 0 aliphatic carbocycles. The minimum Gasteiger partial charge on any atom is -0.330 e. The molecule has 0 saturated heterocycles. The Morgan fingerprint density at radius 1 is 1.06 bits per heavy atom. The monoisotopic (exact) mass is 506 g/mol. The highest BCUT2D eigenvalue weighted by Crippen LogP contribution is 2.30. The molecular formula is C25H26ClF3N4O2. The first-order valence-electron chi connectivity index (χ1n) is 10.9. The van der Waals surface area contributed by atoms with Crippen LogP contribution in [0.2, 0.25) is 5.02 Å².